The first-order chi connectivity index (χ1) is 8.74. The van der Waals surface area contributed by atoms with Crippen LogP contribution in [0.3, 0.4) is 0 Å². The molecule has 1 atom stereocenters. The van der Waals surface area contributed by atoms with E-state index in [1.54, 1.807) is 0 Å². The maximum Gasteiger partial charge on any atom is 0.373 e. The average molecular weight is 251 g/mol. The zero-order valence-corrected chi connectivity index (χ0v) is 10.2. The third kappa shape index (κ3) is 2.41. The molecule has 98 valence electrons. The summed E-state index contributed by atoms with van der Waals surface area (Å²) in [6.45, 7) is 0.784. The Kier molecular flexibility index (Phi) is 3.07. The number of rotatable bonds is 4. The van der Waals surface area contributed by atoms with Gasteiger partial charge in [-0.25, -0.2) is 9.78 Å². The van der Waals surface area contributed by atoms with Crippen LogP contribution in [0.15, 0.2) is 4.42 Å². The van der Waals surface area contributed by atoms with Gasteiger partial charge >= 0.3 is 5.97 Å². The molecule has 0 spiro atoms. The standard InChI is InChI=1S/C13H17NO4/c15-13(16)12-11(8-4-5-8)14-10(18-12)7-9-3-1-2-6-17-9/h8-9H,1-7H2,(H,15,16). The minimum absolute atomic E-state index is 0.0308. The molecule has 18 heavy (non-hydrogen) atoms. The molecule has 1 aliphatic carbocycles. The van der Waals surface area contributed by atoms with Gasteiger partial charge in [0.25, 0.3) is 0 Å². The van der Waals surface area contributed by atoms with E-state index in [4.69, 9.17) is 14.3 Å². The molecule has 1 saturated carbocycles. The number of aromatic carboxylic acids is 1. The zero-order chi connectivity index (χ0) is 12.5. The molecule has 0 bridgehead atoms. The monoisotopic (exact) mass is 251 g/mol. The molecule has 2 fully saturated rings. The van der Waals surface area contributed by atoms with Crippen molar-refractivity contribution in [3.05, 3.63) is 17.3 Å². The maximum absolute atomic E-state index is 11.1. The fourth-order valence-electron chi connectivity index (χ4n) is 2.42. The van der Waals surface area contributed by atoms with Crippen LogP contribution in [0.1, 0.15) is 60.2 Å². The van der Waals surface area contributed by atoms with Crippen molar-refractivity contribution < 1.29 is 19.1 Å². The molecule has 0 aromatic carbocycles. The van der Waals surface area contributed by atoms with Crippen molar-refractivity contribution in [2.75, 3.05) is 6.61 Å². The number of carboxylic acids is 1. The lowest BCUT2D eigenvalue weighted by Crippen LogP contribution is -2.21. The van der Waals surface area contributed by atoms with Crippen molar-refractivity contribution in [1.29, 1.82) is 0 Å². The fourth-order valence-corrected chi connectivity index (χ4v) is 2.42. The highest BCUT2D eigenvalue weighted by Crippen LogP contribution is 2.41. The van der Waals surface area contributed by atoms with Crippen LogP contribution in [0.4, 0.5) is 0 Å². The smallest absolute Gasteiger partial charge is 0.373 e. The predicted molar refractivity (Wildman–Crippen MR) is 62.7 cm³/mol. The Labute approximate surface area is 105 Å². The van der Waals surface area contributed by atoms with Gasteiger partial charge in [0.1, 0.15) is 0 Å². The molecule has 2 heterocycles. The largest absolute Gasteiger partial charge is 0.475 e. The van der Waals surface area contributed by atoms with Crippen molar-refractivity contribution in [2.45, 2.75) is 50.5 Å². The normalized spacial score (nSPS) is 24.1. The molecule has 0 radical (unpaired) electrons. The van der Waals surface area contributed by atoms with E-state index in [-0.39, 0.29) is 11.9 Å². The van der Waals surface area contributed by atoms with E-state index >= 15 is 0 Å². The van der Waals surface area contributed by atoms with Crippen LogP contribution in [0.2, 0.25) is 0 Å². The summed E-state index contributed by atoms with van der Waals surface area (Å²) < 4.78 is 11.0. The quantitative estimate of drug-likeness (QED) is 0.889. The van der Waals surface area contributed by atoms with Crippen LogP contribution in [0, 0.1) is 0 Å². The van der Waals surface area contributed by atoms with Gasteiger partial charge in [-0.1, -0.05) is 0 Å². The molecule has 2 aliphatic rings. The summed E-state index contributed by atoms with van der Waals surface area (Å²) in [5.41, 5.74) is 0.633. The Morgan fingerprint density at radius 2 is 2.17 bits per heavy atom. The summed E-state index contributed by atoms with van der Waals surface area (Å²) in [4.78, 5) is 15.5. The third-order valence-electron chi connectivity index (χ3n) is 3.53. The number of carboxylic acid groups (broad SMARTS) is 1. The summed E-state index contributed by atoms with van der Waals surface area (Å²) in [6, 6.07) is 0. The minimum atomic E-state index is -1.01. The summed E-state index contributed by atoms with van der Waals surface area (Å²) >= 11 is 0. The summed E-state index contributed by atoms with van der Waals surface area (Å²) in [6.07, 6.45) is 6.03. The number of hydrogen-bond acceptors (Lipinski definition) is 4. The molecule has 1 aromatic heterocycles. The molecular formula is C13H17NO4. The second kappa shape index (κ2) is 4.72. The van der Waals surface area contributed by atoms with Gasteiger partial charge in [0.2, 0.25) is 5.76 Å². The summed E-state index contributed by atoms with van der Waals surface area (Å²) in [7, 11) is 0. The van der Waals surface area contributed by atoms with Gasteiger partial charge < -0.3 is 14.3 Å². The first-order valence-electron chi connectivity index (χ1n) is 6.58. The molecule has 3 rings (SSSR count). The number of oxazole rings is 1. The number of carbonyl (C=O) groups is 1. The number of ether oxygens (including phenoxy) is 1. The highest BCUT2D eigenvalue weighted by atomic mass is 16.5. The molecule has 5 nitrogen and oxygen atoms in total. The summed E-state index contributed by atoms with van der Waals surface area (Å²) in [5.74, 6) is -0.175. The van der Waals surface area contributed by atoms with Crippen LogP contribution >= 0.6 is 0 Å². The zero-order valence-electron chi connectivity index (χ0n) is 10.2. The van der Waals surface area contributed by atoms with E-state index in [1.165, 1.54) is 0 Å². The topological polar surface area (TPSA) is 72.6 Å². The maximum atomic E-state index is 11.1. The van der Waals surface area contributed by atoms with Crippen molar-refractivity contribution in [2.24, 2.45) is 0 Å². The van der Waals surface area contributed by atoms with Crippen LogP contribution in [-0.4, -0.2) is 28.8 Å². The minimum Gasteiger partial charge on any atom is -0.475 e. The van der Waals surface area contributed by atoms with Crippen LogP contribution in [0.25, 0.3) is 0 Å². The molecular weight excluding hydrogens is 234 g/mol. The van der Waals surface area contributed by atoms with E-state index in [1.807, 2.05) is 0 Å². The Hall–Kier alpha value is -1.36. The van der Waals surface area contributed by atoms with E-state index < -0.39 is 5.97 Å². The number of hydrogen-bond donors (Lipinski definition) is 1. The Morgan fingerprint density at radius 1 is 1.33 bits per heavy atom. The number of nitrogens with zero attached hydrogens (tertiary/aromatic N) is 1. The Bertz CT molecular complexity index is 444. The highest BCUT2D eigenvalue weighted by molar-refractivity contribution is 5.85. The van der Waals surface area contributed by atoms with E-state index in [0.29, 0.717) is 23.9 Å². The summed E-state index contributed by atoms with van der Waals surface area (Å²) in [5, 5.41) is 9.10. The Balaban J connectivity index is 1.75. The highest BCUT2D eigenvalue weighted by Gasteiger charge is 2.33. The Morgan fingerprint density at radius 3 is 2.78 bits per heavy atom. The van der Waals surface area contributed by atoms with Crippen molar-refractivity contribution in [3.63, 3.8) is 0 Å². The van der Waals surface area contributed by atoms with Gasteiger partial charge in [-0.15, -0.1) is 0 Å². The predicted octanol–water partition coefficient (Wildman–Crippen LogP) is 2.36. The lowest BCUT2D eigenvalue weighted by Gasteiger charge is -2.20. The molecule has 1 saturated heterocycles. The van der Waals surface area contributed by atoms with Crippen LogP contribution in [-0.2, 0) is 11.2 Å². The van der Waals surface area contributed by atoms with Crippen LogP contribution in [0.5, 0.6) is 0 Å². The molecule has 0 amide bonds. The average Bonchev–Trinajstić information content (AvgIpc) is 3.12. The molecule has 1 unspecified atom stereocenters. The van der Waals surface area contributed by atoms with E-state index in [9.17, 15) is 4.79 Å². The third-order valence-corrected chi connectivity index (χ3v) is 3.53. The molecule has 1 N–H and O–H groups in total. The second-order valence-corrected chi connectivity index (χ2v) is 5.09. The van der Waals surface area contributed by atoms with Crippen molar-refractivity contribution >= 4 is 5.97 Å². The van der Waals surface area contributed by atoms with Crippen LogP contribution < -0.4 is 0 Å². The van der Waals surface area contributed by atoms with Gasteiger partial charge in [0, 0.05) is 12.5 Å². The van der Waals surface area contributed by atoms with Gasteiger partial charge in [0.15, 0.2) is 5.89 Å². The first-order valence-corrected chi connectivity index (χ1v) is 6.58. The number of aromatic nitrogens is 1. The SMILES string of the molecule is O=C(O)c1oc(CC2CCCCO2)nc1C1CC1. The lowest BCUT2D eigenvalue weighted by atomic mass is 10.1. The van der Waals surface area contributed by atoms with Gasteiger partial charge in [0.05, 0.1) is 18.2 Å². The van der Waals surface area contributed by atoms with Gasteiger partial charge in [-0.3, -0.25) is 0 Å². The van der Waals surface area contributed by atoms with E-state index in [0.717, 1.165) is 38.7 Å². The first kappa shape index (κ1) is 11.7. The van der Waals surface area contributed by atoms with Gasteiger partial charge in [-0.05, 0) is 32.1 Å². The van der Waals surface area contributed by atoms with Gasteiger partial charge in [-0.2, -0.15) is 0 Å². The van der Waals surface area contributed by atoms with Crippen molar-refractivity contribution in [3.8, 4) is 0 Å². The van der Waals surface area contributed by atoms with E-state index in [2.05, 4.69) is 4.98 Å². The second-order valence-electron chi connectivity index (χ2n) is 5.09. The fraction of sp³-hybridized carbons (Fsp3) is 0.692. The molecule has 1 aromatic rings. The van der Waals surface area contributed by atoms with Crippen molar-refractivity contribution in [1.82, 2.24) is 4.98 Å². The lowest BCUT2D eigenvalue weighted by molar-refractivity contribution is 0.0129. The molecule has 1 aliphatic heterocycles. The molecule has 5 heteroatoms.